The minimum atomic E-state index is -0.0242. The first-order valence-electron chi connectivity index (χ1n) is 6.56. The van der Waals surface area contributed by atoms with Crippen LogP contribution < -0.4 is 15.4 Å². The van der Waals surface area contributed by atoms with Gasteiger partial charge < -0.3 is 15.4 Å². The molecule has 0 spiro atoms. The van der Waals surface area contributed by atoms with Crippen LogP contribution in [-0.4, -0.2) is 19.1 Å². The molecule has 4 heteroatoms. The molecule has 2 aromatic carbocycles. The van der Waals surface area contributed by atoms with Gasteiger partial charge in [-0.3, -0.25) is 4.79 Å². The van der Waals surface area contributed by atoms with Crippen molar-refractivity contribution >= 4 is 17.3 Å². The van der Waals surface area contributed by atoms with E-state index < -0.39 is 0 Å². The van der Waals surface area contributed by atoms with E-state index in [2.05, 4.69) is 0 Å². The summed E-state index contributed by atoms with van der Waals surface area (Å²) in [6, 6.07) is 13.0. The number of amides is 1. The number of ether oxygens (including phenoxy) is 1. The zero-order valence-electron chi connectivity index (χ0n) is 11.3. The molecule has 0 aromatic heterocycles. The maximum atomic E-state index is 12.7. The number of nitrogens with zero attached hydrogens (tertiary/aromatic N) is 1. The third-order valence-electron chi connectivity index (χ3n) is 3.36. The molecule has 1 aliphatic heterocycles. The summed E-state index contributed by atoms with van der Waals surface area (Å²) in [7, 11) is 0. The standard InChI is InChI=1S/C16H16N2O2/c1-11-3-2-4-12(9-11)16(19)18-7-8-20-15-6-5-13(17)10-14(15)18/h2-6,9-10H,7-8,17H2,1H3. The maximum absolute atomic E-state index is 12.7. The second kappa shape index (κ2) is 4.89. The summed E-state index contributed by atoms with van der Waals surface area (Å²) in [5.74, 6) is 0.676. The highest BCUT2D eigenvalue weighted by Crippen LogP contribution is 2.34. The monoisotopic (exact) mass is 268 g/mol. The fourth-order valence-corrected chi connectivity index (χ4v) is 2.38. The fourth-order valence-electron chi connectivity index (χ4n) is 2.38. The highest BCUT2D eigenvalue weighted by molar-refractivity contribution is 6.07. The molecule has 3 rings (SSSR count). The lowest BCUT2D eigenvalue weighted by atomic mass is 10.1. The van der Waals surface area contributed by atoms with Crippen LogP contribution in [0.3, 0.4) is 0 Å². The second-order valence-electron chi connectivity index (χ2n) is 4.90. The van der Waals surface area contributed by atoms with Crippen LogP contribution in [0.4, 0.5) is 11.4 Å². The Hall–Kier alpha value is -2.49. The number of hydrogen-bond acceptors (Lipinski definition) is 3. The van der Waals surface area contributed by atoms with Crippen molar-refractivity contribution in [3.63, 3.8) is 0 Å². The molecule has 0 saturated heterocycles. The van der Waals surface area contributed by atoms with Crippen molar-refractivity contribution in [2.75, 3.05) is 23.8 Å². The van der Waals surface area contributed by atoms with Gasteiger partial charge in [-0.15, -0.1) is 0 Å². The SMILES string of the molecule is Cc1cccc(C(=O)N2CCOc3ccc(N)cc32)c1. The van der Waals surface area contributed by atoms with E-state index in [1.807, 2.05) is 31.2 Å². The molecule has 1 heterocycles. The normalized spacial score (nSPS) is 13.6. The molecule has 4 nitrogen and oxygen atoms in total. The van der Waals surface area contributed by atoms with Crippen molar-refractivity contribution in [2.24, 2.45) is 0 Å². The molecular formula is C16H16N2O2. The fraction of sp³-hybridized carbons (Fsp3) is 0.188. The maximum Gasteiger partial charge on any atom is 0.258 e. The number of aryl methyl sites for hydroxylation is 1. The summed E-state index contributed by atoms with van der Waals surface area (Å²) in [5.41, 5.74) is 8.92. The predicted molar refractivity (Wildman–Crippen MR) is 79.2 cm³/mol. The smallest absolute Gasteiger partial charge is 0.258 e. The molecule has 0 unspecified atom stereocenters. The zero-order chi connectivity index (χ0) is 14.1. The zero-order valence-corrected chi connectivity index (χ0v) is 11.3. The minimum Gasteiger partial charge on any atom is -0.490 e. The quantitative estimate of drug-likeness (QED) is 0.809. The predicted octanol–water partition coefficient (Wildman–Crippen LogP) is 2.62. The minimum absolute atomic E-state index is 0.0242. The first kappa shape index (κ1) is 12.5. The lowest BCUT2D eigenvalue weighted by Gasteiger charge is -2.29. The van der Waals surface area contributed by atoms with Crippen LogP contribution in [0.1, 0.15) is 15.9 Å². The number of carbonyl (C=O) groups excluding carboxylic acids is 1. The van der Waals surface area contributed by atoms with Crippen molar-refractivity contribution in [1.82, 2.24) is 0 Å². The van der Waals surface area contributed by atoms with E-state index >= 15 is 0 Å². The summed E-state index contributed by atoms with van der Waals surface area (Å²) in [6.45, 7) is 3.00. The van der Waals surface area contributed by atoms with Crippen molar-refractivity contribution in [2.45, 2.75) is 6.92 Å². The summed E-state index contributed by atoms with van der Waals surface area (Å²) < 4.78 is 5.57. The molecule has 0 aliphatic carbocycles. The van der Waals surface area contributed by atoms with Gasteiger partial charge in [-0.2, -0.15) is 0 Å². The summed E-state index contributed by atoms with van der Waals surface area (Å²) in [5, 5.41) is 0. The topological polar surface area (TPSA) is 55.6 Å². The van der Waals surface area contributed by atoms with Crippen LogP contribution >= 0.6 is 0 Å². The number of fused-ring (bicyclic) bond motifs is 1. The molecular weight excluding hydrogens is 252 g/mol. The van der Waals surface area contributed by atoms with Crippen LogP contribution in [-0.2, 0) is 0 Å². The summed E-state index contributed by atoms with van der Waals surface area (Å²) >= 11 is 0. The van der Waals surface area contributed by atoms with E-state index in [0.717, 1.165) is 11.3 Å². The van der Waals surface area contributed by atoms with Crippen molar-refractivity contribution < 1.29 is 9.53 Å². The number of nitrogens with two attached hydrogens (primary N) is 1. The van der Waals surface area contributed by atoms with E-state index in [4.69, 9.17) is 10.5 Å². The number of anilines is 2. The number of benzene rings is 2. The van der Waals surface area contributed by atoms with Gasteiger partial charge in [-0.25, -0.2) is 0 Å². The third kappa shape index (κ3) is 2.20. The van der Waals surface area contributed by atoms with Crippen LogP contribution in [0.2, 0.25) is 0 Å². The Morgan fingerprint density at radius 3 is 2.90 bits per heavy atom. The van der Waals surface area contributed by atoms with Gasteiger partial charge in [0.15, 0.2) is 0 Å². The van der Waals surface area contributed by atoms with Gasteiger partial charge in [0.1, 0.15) is 12.4 Å². The number of rotatable bonds is 1. The lowest BCUT2D eigenvalue weighted by Crippen LogP contribution is -2.38. The number of carbonyl (C=O) groups is 1. The van der Waals surface area contributed by atoms with Gasteiger partial charge in [0.05, 0.1) is 12.2 Å². The first-order valence-corrected chi connectivity index (χ1v) is 6.56. The van der Waals surface area contributed by atoms with Gasteiger partial charge in [0.25, 0.3) is 5.91 Å². The third-order valence-corrected chi connectivity index (χ3v) is 3.36. The second-order valence-corrected chi connectivity index (χ2v) is 4.90. The Labute approximate surface area is 117 Å². The van der Waals surface area contributed by atoms with Crippen molar-refractivity contribution in [1.29, 1.82) is 0 Å². The van der Waals surface area contributed by atoms with E-state index in [-0.39, 0.29) is 5.91 Å². The van der Waals surface area contributed by atoms with Gasteiger partial charge in [-0.1, -0.05) is 17.7 Å². The van der Waals surface area contributed by atoms with Crippen LogP contribution in [0.15, 0.2) is 42.5 Å². The van der Waals surface area contributed by atoms with Crippen molar-refractivity contribution in [3.8, 4) is 5.75 Å². The van der Waals surface area contributed by atoms with Crippen LogP contribution in [0.25, 0.3) is 0 Å². The number of hydrogen-bond donors (Lipinski definition) is 1. The molecule has 102 valence electrons. The largest absolute Gasteiger partial charge is 0.490 e. The van der Waals surface area contributed by atoms with Crippen LogP contribution in [0, 0.1) is 6.92 Å². The van der Waals surface area contributed by atoms with Gasteiger partial charge >= 0.3 is 0 Å². The van der Waals surface area contributed by atoms with E-state index in [1.165, 1.54) is 0 Å². The molecule has 1 aliphatic rings. The Morgan fingerprint density at radius 2 is 2.10 bits per heavy atom. The Bertz CT molecular complexity index is 667. The van der Waals surface area contributed by atoms with E-state index in [1.54, 1.807) is 23.1 Å². The Kier molecular flexibility index (Phi) is 3.06. The van der Waals surface area contributed by atoms with Gasteiger partial charge in [0, 0.05) is 11.3 Å². The molecule has 0 atom stereocenters. The number of nitrogen functional groups attached to an aromatic ring is 1. The van der Waals surface area contributed by atoms with Crippen molar-refractivity contribution in [3.05, 3.63) is 53.6 Å². The summed E-state index contributed by atoms with van der Waals surface area (Å²) in [6.07, 6.45) is 0. The Morgan fingerprint density at radius 1 is 1.25 bits per heavy atom. The van der Waals surface area contributed by atoms with E-state index in [9.17, 15) is 4.79 Å². The molecule has 0 radical (unpaired) electrons. The Balaban J connectivity index is 2.00. The van der Waals surface area contributed by atoms with E-state index in [0.29, 0.717) is 30.2 Å². The van der Waals surface area contributed by atoms with Gasteiger partial charge in [0.2, 0.25) is 0 Å². The molecule has 1 amide bonds. The molecule has 0 fully saturated rings. The molecule has 20 heavy (non-hydrogen) atoms. The molecule has 2 N–H and O–H groups in total. The average molecular weight is 268 g/mol. The first-order chi connectivity index (χ1) is 9.65. The van der Waals surface area contributed by atoms with Gasteiger partial charge in [-0.05, 0) is 37.3 Å². The highest BCUT2D eigenvalue weighted by Gasteiger charge is 2.24. The molecule has 0 bridgehead atoms. The lowest BCUT2D eigenvalue weighted by molar-refractivity contribution is 0.0976. The highest BCUT2D eigenvalue weighted by atomic mass is 16.5. The molecule has 2 aromatic rings. The summed E-state index contributed by atoms with van der Waals surface area (Å²) in [4.78, 5) is 14.4. The van der Waals surface area contributed by atoms with Crippen LogP contribution in [0.5, 0.6) is 5.75 Å². The average Bonchev–Trinajstić information content (AvgIpc) is 2.46. The molecule has 0 saturated carbocycles.